The van der Waals surface area contributed by atoms with Gasteiger partial charge in [-0.2, -0.15) is 0 Å². The third-order valence-corrected chi connectivity index (χ3v) is 0.850. The van der Waals surface area contributed by atoms with E-state index in [1.54, 1.807) is 0 Å². The molecule has 0 spiro atoms. The van der Waals surface area contributed by atoms with Crippen molar-refractivity contribution in [2.24, 2.45) is 0 Å². The summed E-state index contributed by atoms with van der Waals surface area (Å²) in [6, 6.07) is 0. The fraction of sp³-hybridized carbons (Fsp3) is 0.700. The van der Waals surface area contributed by atoms with Gasteiger partial charge in [-0.15, -0.1) is 0 Å². The molecule has 0 aromatic rings. The molecule has 0 aliphatic carbocycles. The number of ketones is 1. The second-order valence-electron chi connectivity index (χ2n) is 3.98. The minimum Gasteiger partial charge on any atom is -0.481 e. The minimum atomic E-state index is -1.06. The highest BCUT2D eigenvalue weighted by atomic mass is 16.6. The number of carboxylic acid groups (broad SMARTS) is 1. The lowest BCUT2D eigenvalue weighted by molar-refractivity contribution is -0.152. The third kappa shape index (κ3) is 24.5. The molecular weight excluding hydrogens is 200 g/mol. The predicted molar refractivity (Wildman–Crippen MR) is 54.5 cm³/mol. The van der Waals surface area contributed by atoms with E-state index in [-0.39, 0.29) is 23.8 Å². The summed E-state index contributed by atoms with van der Waals surface area (Å²) < 4.78 is 4.80. The first-order valence-electron chi connectivity index (χ1n) is 4.45. The highest BCUT2D eigenvalue weighted by Gasteiger charge is 2.11. The molecule has 0 aromatic carbocycles. The van der Waals surface area contributed by atoms with Gasteiger partial charge in [0.25, 0.3) is 0 Å². The molecule has 5 heteroatoms. The molecule has 0 atom stereocenters. The first kappa shape index (κ1) is 16.1. The summed E-state index contributed by atoms with van der Waals surface area (Å²) in [6.07, 6.45) is -0.361. The molecule has 0 heterocycles. The number of carbonyl (C=O) groups excluding carboxylic acids is 2. The molecule has 0 aromatic heterocycles. The van der Waals surface area contributed by atoms with Gasteiger partial charge in [0.1, 0.15) is 17.8 Å². The molecule has 0 aliphatic rings. The standard InChI is InChI=1S/C6H12O2.C4H6O3/c1-5(7)8-6(2,3)4;1-3(5)2-4(6)7/h1-4H3;2H2,1H3,(H,6,7). The SMILES string of the molecule is CC(=O)CC(=O)O.CC(=O)OC(C)(C)C. The van der Waals surface area contributed by atoms with Crippen molar-refractivity contribution in [1.82, 2.24) is 0 Å². The Morgan fingerprint density at radius 2 is 1.53 bits per heavy atom. The molecule has 0 saturated heterocycles. The molecule has 0 bridgehead atoms. The molecule has 0 fully saturated rings. The Bertz CT molecular complexity index is 225. The number of ether oxygens (including phenoxy) is 1. The Balaban J connectivity index is 0. The van der Waals surface area contributed by atoms with Crippen LogP contribution in [0.3, 0.4) is 0 Å². The molecule has 0 unspecified atom stereocenters. The molecule has 15 heavy (non-hydrogen) atoms. The van der Waals surface area contributed by atoms with Gasteiger partial charge >= 0.3 is 11.9 Å². The van der Waals surface area contributed by atoms with E-state index in [4.69, 9.17) is 9.84 Å². The van der Waals surface area contributed by atoms with Crippen molar-refractivity contribution in [2.45, 2.75) is 46.6 Å². The Kier molecular flexibility index (Phi) is 7.47. The largest absolute Gasteiger partial charge is 0.481 e. The number of Topliss-reactive ketones (excluding diaryl/α,β-unsaturated/α-hetero) is 1. The minimum absolute atomic E-state index is 0.225. The van der Waals surface area contributed by atoms with Crippen LogP contribution in [0.25, 0.3) is 0 Å². The third-order valence-electron chi connectivity index (χ3n) is 0.850. The summed E-state index contributed by atoms with van der Waals surface area (Å²) in [6.45, 7) is 8.18. The van der Waals surface area contributed by atoms with Gasteiger partial charge in [-0.3, -0.25) is 14.4 Å². The maximum Gasteiger partial charge on any atom is 0.310 e. The summed E-state index contributed by atoms with van der Waals surface area (Å²) in [5, 5.41) is 7.86. The molecule has 88 valence electrons. The van der Waals surface area contributed by atoms with Crippen LogP contribution < -0.4 is 0 Å². The van der Waals surface area contributed by atoms with Crippen LogP contribution in [0.4, 0.5) is 0 Å². The number of carboxylic acids is 1. The highest BCUT2D eigenvalue weighted by molar-refractivity contribution is 5.93. The summed E-state index contributed by atoms with van der Waals surface area (Å²) in [5.74, 6) is -1.60. The van der Waals surface area contributed by atoms with Gasteiger partial charge in [-0.05, 0) is 27.7 Å². The van der Waals surface area contributed by atoms with E-state index < -0.39 is 5.97 Å². The van der Waals surface area contributed by atoms with Crippen molar-refractivity contribution >= 4 is 17.7 Å². The van der Waals surface area contributed by atoms with Crippen molar-refractivity contribution in [2.75, 3.05) is 0 Å². The Morgan fingerprint density at radius 3 is 1.53 bits per heavy atom. The second kappa shape index (κ2) is 6.98. The van der Waals surface area contributed by atoms with Gasteiger partial charge in [0, 0.05) is 6.92 Å². The lowest BCUT2D eigenvalue weighted by Crippen LogP contribution is -2.21. The smallest absolute Gasteiger partial charge is 0.310 e. The molecule has 0 rings (SSSR count). The summed E-state index contributed by atoms with van der Waals surface area (Å²) in [4.78, 5) is 29.7. The van der Waals surface area contributed by atoms with Crippen LogP contribution in [0.15, 0.2) is 0 Å². The van der Waals surface area contributed by atoms with Crippen LogP contribution in [0, 0.1) is 0 Å². The van der Waals surface area contributed by atoms with Crippen molar-refractivity contribution in [1.29, 1.82) is 0 Å². The maximum atomic E-state index is 10.2. The van der Waals surface area contributed by atoms with Crippen LogP contribution in [0.5, 0.6) is 0 Å². The fourth-order valence-electron chi connectivity index (χ4n) is 0.644. The lowest BCUT2D eigenvalue weighted by Gasteiger charge is -2.17. The molecule has 0 saturated carbocycles. The first-order valence-corrected chi connectivity index (χ1v) is 4.45. The van der Waals surface area contributed by atoms with Gasteiger partial charge < -0.3 is 9.84 Å². The average molecular weight is 218 g/mol. The van der Waals surface area contributed by atoms with E-state index >= 15 is 0 Å². The van der Waals surface area contributed by atoms with Crippen molar-refractivity contribution in [3.63, 3.8) is 0 Å². The first-order chi connectivity index (χ1) is 6.54. The number of hydrogen-bond acceptors (Lipinski definition) is 4. The lowest BCUT2D eigenvalue weighted by atomic mass is 10.2. The van der Waals surface area contributed by atoms with Gasteiger partial charge in [0.2, 0.25) is 0 Å². The number of rotatable bonds is 2. The zero-order chi connectivity index (χ0) is 12.6. The number of hydrogen-bond donors (Lipinski definition) is 1. The van der Waals surface area contributed by atoms with Crippen molar-refractivity contribution in [3.8, 4) is 0 Å². The number of esters is 1. The van der Waals surface area contributed by atoms with E-state index in [1.807, 2.05) is 20.8 Å². The quantitative estimate of drug-likeness (QED) is 0.559. The van der Waals surface area contributed by atoms with Crippen molar-refractivity contribution < 1.29 is 24.2 Å². The Labute approximate surface area is 89.4 Å². The van der Waals surface area contributed by atoms with Crippen LogP contribution in [-0.4, -0.2) is 28.4 Å². The topological polar surface area (TPSA) is 80.7 Å². The molecule has 0 amide bonds. The van der Waals surface area contributed by atoms with Crippen LogP contribution in [0.1, 0.15) is 41.0 Å². The van der Waals surface area contributed by atoms with Gasteiger partial charge in [0.15, 0.2) is 0 Å². The number of aliphatic carboxylic acids is 1. The normalized spacial score (nSPS) is 9.67. The van der Waals surface area contributed by atoms with Gasteiger partial charge in [-0.1, -0.05) is 0 Å². The zero-order valence-corrected chi connectivity index (χ0v) is 9.79. The summed E-state index contributed by atoms with van der Waals surface area (Å²) in [5.41, 5.74) is -0.328. The van der Waals surface area contributed by atoms with Crippen LogP contribution in [-0.2, 0) is 19.1 Å². The molecule has 0 aliphatic heterocycles. The van der Waals surface area contributed by atoms with E-state index in [2.05, 4.69) is 0 Å². The van der Waals surface area contributed by atoms with Crippen molar-refractivity contribution in [3.05, 3.63) is 0 Å². The van der Waals surface area contributed by atoms with E-state index in [0.717, 1.165) is 0 Å². The Hall–Kier alpha value is -1.39. The predicted octanol–water partition coefficient (Wildman–Crippen LogP) is 1.40. The molecule has 5 nitrogen and oxygen atoms in total. The monoisotopic (exact) mass is 218 g/mol. The second-order valence-corrected chi connectivity index (χ2v) is 3.98. The van der Waals surface area contributed by atoms with Gasteiger partial charge in [0.05, 0.1) is 0 Å². The van der Waals surface area contributed by atoms with E-state index in [0.29, 0.717) is 0 Å². The maximum absolute atomic E-state index is 10.2. The van der Waals surface area contributed by atoms with Crippen LogP contribution >= 0.6 is 0 Å². The molecule has 1 N–H and O–H groups in total. The van der Waals surface area contributed by atoms with E-state index in [1.165, 1.54) is 13.8 Å². The average Bonchev–Trinajstić information content (AvgIpc) is 1.76. The summed E-state index contributed by atoms with van der Waals surface area (Å²) in [7, 11) is 0. The Morgan fingerprint density at radius 1 is 1.13 bits per heavy atom. The number of carbonyl (C=O) groups is 3. The molecular formula is C10H18O5. The van der Waals surface area contributed by atoms with Crippen LogP contribution in [0.2, 0.25) is 0 Å². The zero-order valence-electron chi connectivity index (χ0n) is 9.79. The van der Waals surface area contributed by atoms with Gasteiger partial charge in [-0.25, -0.2) is 0 Å². The van der Waals surface area contributed by atoms with E-state index in [9.17, 15) is 14.4 Å². The summed E-state index contributed by atoms with van der Waals surface area (Å²) >= 11 is 0. The fourth-order valence-corrected chi connectivity index (χ4v) is 0.644. The molecule has 0 radical (unpaired) electrons. The highest BCUT2D eigenvalue weighted by Crippen LogP contribution is 2.05.